The molecule has 0 atom stereocenters. The zero-order chi connectivity index (χ0) is 11.8. The van der Waals surface area contributed by atoms with Crippen LogP contribution in [0.25, 0.3) is 0 Å². The first-order chi connectivity index (χ1) is 7.58. The molecule has 1 aromatic rings. The van der Waals surface area contributed by atoms with Crippen molar-refractivity contribution in [1.29, 1.82) is 0 Å². The number of aryl methyl sites for hydroxylation is 2. The molecule has 2 rings (SSSR count). The van der Waals surface area contributed by atoms with E-state index >= 15 is 0 Å². The molecule has 0 heterocycles. The lowest BCUT2D eigenvalue weighted by molar-refractivity contribution is 0.0905. The smallest absolute Gasteiger partial charge is 0.252 e. The molecule has 0 bridgehead atoms. The highest BCUT2D eigenvalue weighted by atomic mass is 16.3. The molecule has 1 aliphatic carbocycles. The number of benzene rings is 1. The van der Waals surface area contributed by atoms with Crippen LogP contribution in [0, 0.1) is 13.8 Å². The number of amides is 1. The van der Waals surface area contributed by atoms with Gasteiger partial charge in [-0.2, -0.15) is 0 Å². The maximum atomic E-state index is 12.1. The predicted octanol–water partition coefficient (Wildman–Crippen LogP) is 1.56. The summed E-state index contributed by atoms with van der Waals surface area (Å²) >= 11 is 0. The molecule has 3 nitrogen and oxygen atoms in total. The number of hydrogen-bond acceptors (Lipinski definition) is 2. The van der Waals surface area contributed by atoms with Gasteiger partial charge >= 0.3 is 0 Å². The van der Waals surface area contributed by atoms with Crippen molar-refractivity contribution < 1.29 is 9.90 Å². The molecule has 86 valence electrons. The van der Waals surface area contributed by atoms with E-state index < -0.39 is 0 Å². The third kappa shape index (κ3) is 1.95. The van der Waals surface area contributed by atoms with Crippen LogP contribution in [-0.4, -0.2) is 23.2 Å². The van der Waals surface area contributed by atoms with E-state index in [-0.39, 0.29) is 18.1 Å². The first-order valence-electron chi connectivity index (χ1n) is 5.58. The second-order valence-corrected chi connectivity index (χ2v) is 4.66. The molecule has 1 saturated carbocycles. The number of aliphatic hydroxyl groups excluding tert-OH is 1. The molecule has 0 aromatic heterocycles. The summed E-state index contributed by atoms with van der Waals surface area (Å²) in [5.41, 5.74) is 2.35. The molecule has 0 saturated heterocycles. The number of nitrogens with one attached hydrogen (secondary N) is 1. The van der Waals surface area contributed by atoms with Gasteiger partial charge in [-0.05, 0) is 37.8 Å². The summed E-state index contributed by atoms with van der Waals surface area (Å²) in [6.45, 7) is 3.89. The minimum absolute atomic E-state index is 0.0314. The molecule has 0 radical (unpaired) electrons. The lowest BCUT2D eigenvalue weighted by Crippen LogP contribution is -2.40. The van der Waals surface area contributed by atoms with Crippen LogP contribution in [0.15, 0.2) is 18.2 Å². The summed E-state index contributed by atoms with van der Waals surface area (Å²) in [6, 6.07) is 5.81. The van der Waals surface area contributed by atoms with Crippen LogP contribution < -0.4 is 5.32 Å². The molecule has 1 amide bonds. The van der Waals surface area contributed by atoms with Gasteiger partial charge in [0.25, 0.3) is 5.91 Å². The highest BCUT2D eigenvalue weighted by molar-refractivity contribution is 5.97. The van der Waals surface area contributed by atoms with Gasteiger partial charge in [-0.3, -0.25) is 4.79 Å². The second-order valence-electron chi connectivity index (χ2n) is 4.66. The van der Waals surface area contributed by atoms with Crippen molar-refractivity contribution in [3.8, 4) is 0 Å². The van der Waals surface area contributed by atoms with Gasteiger partial charge in [0, 0.05) is 5.56 Å². The van der Waals surface area contributed by atoms with E-state index in [2.05, 4.69) is 5.32 Å². The SMILES string of the molecule is Cc1cccc(C)c1C(=O)NC1(CO)CC1. The summed E-state index contributed by atoms with van der Waals surface area (Å²) in [6.07, 6.45) is 1.75. The second kappa shape index (κ2) is 3.91. The van der Waals surface area contributed by atoms with Crippen molar-refractivity contribution in [2.24, 2.45) is 0 Å². The highest BCUT2D eigenvalue weighted by Gasteiger charge is 2.43. The van der Waals surface area contributed by atoms with E-state index in [4.69, 9.17) is 0 Å². The molecule has 3 heteroatoms. The topological polar surface area (TPSA) is 49.3 Å². The Labute approximate surface area is 95.5 Å². The minimum atomic E-state index is -0.341. The Balaban J connectivity index is 2.21. The van der Waals surface area contributed by atoms with Gasteiger partial charge in [0.15, 0.2) is 0 Å². The van der Waals surface area contributed by atoms with E-state index in [0.29, 0.717) is 0 Å². The number of carbonyl (C=O) groups is 1. The van der Waals surface area contributed by atoms with Crippen molar-refractivity contribution >= 4 is 5.91 Å². The van der Waals surface area contributed by atoms with Crippen LogP contribution in [0.5, 0.6) is 0 Å². The molecule has 1 aromatic carbocycles. The quantitative estimate of drug-likeness (QED) is 0.810. The Morgan fingerprint density at radius 3 is 2.38 bits per heavy atom. The number of aliphatic hydroxyl groups is 1. The largest absolute Gasteiger partial charge is 0.394 e. The highest BCUT2D eigenvalue weighted by Crippen LogP contribution is 2.35. The summed E-state index contributed by atoms with van der Waals surface area (Å²) in [5.74, 6) is -0.0675. The first-order valence-corrected chi connectivity index (χ1v) is 5.58. The van der Waals surface area contributed by atoms with E-state index in [9.17, 15) is 9.90 Å². The fraction of sp³-hybridized carbons (Fsp3) is 0.462. The summed E-state index contributed by atoms with van der Waals surface area (Å²) in [4.78, 5) is 12.1. The lowest BCUT2D eigenvalue weighted by Gasteiger charge is -2.16. The Morgan fingerprint density at radius 2 is 1.94 bits per heavy atom. The summed E-state index contributed by atoms with van der Waals surface area (Å²) < 4.78 is 0. The fourth-order valence-electron chi connectivity index (χ4n) is 1.95. The first kappa shape index (κ1) is 11.1. The number of rotatable bonds is 3. The van der Waals surface area contributed by atoms with Crippen molar-refractivity contribution in [3.05, 3.63) is 34.9 Å². The third-order valence-corrected chi connectivity index (χ3v) is 3.24. The zero-order valence-electron chi connectivity index (χ0n) is 9.71. The molecular formula is C13H17NO2. The average molecular weight is 219 g/mol. The van der Waals surface area contributed by atoms with Crippen molar-refractivity contribution in [3.63, 3.8) is 0 Å². The van der Waals surface area contributed by atoms with Crippen LogP contribution in [0.3, 0.4) is 0 Å². The Bertz CT molecular complexity index is 402. The van der Waals surface area contributed by atoms with Crippen LogP contribution in [0.2, 0.25) is 0 Å². The lowest BCUT2D eigenvalue weighted by atomic mass is 10.0. The summed E-state index contributed by atoms with van der Waals surface area (Å²) in [7, 11) is 0. The van der Waals surface area contributed by atoms with Crippen molar-refractivity contribution in [2.45, 2.75) is 32.2 Å². The maximum absolute atomic E-state index is 12.1. The standard InChI is InChI=1S/C13H17NO2/c1-9-4-3-5-10(2)11(9)12(16)14-13(8-15)6-7-13/h3-5,15H,6-8H2,1-2H3,(H,14,16). The monoisotopic (exact) mass is 219 g/mol. The van der Waals surface area contributed by atoms with Crippen LogP contribution in [-0.2, 0) is 0 Å². The molecule has 0 unspecified atom stereocenters. The predicted molar refractivity (Wildman–Crippen MR) is 62.4 cm³/mol. The minimum Gasteiger partial charge on any atom is -0.394 e. The Morgan fingerprint density at radius 1 is 1.38 bits per heavy atom. The fourth-order valence-corrected chi connectivity index (χ4v) is 1.95. The zero-order valence-corrected chi connectivity index (χ0v) is 9.71. The van der Waals surface area contributed by atoms with Gasteiger partial charge in [-0.25, -0.2) is 0 Å². The van der Waals surface area contributed by atoms with Gasteiger partial charge in [-0.15, -0.1) is 0 Å². The summed E-state index contributed by atoms with van der Waals surface area (Å²) in [5, 5.41) is 12.1. The van der Waals surface area contributed by atoms with Crippen molar-refractivity contribution in [2.75, 3.05) is 6.61 Å². The maximum Gasteiger partial charge on any atom is 0.252 e. The van der Waals surface area contributed by atoms with Gasteiger partial charge in [0.2, 0.25) is 0 Å². The molecule has 1 aliphatic rings. The van der Waals surface area contributed by atoms with Crippen LogP contribution in [0.4, 0.5) is 0 Å². The van der Waals surface area contributed by atoms with E-state index in [0.717, 1.165) is 29.5 Å². The molecule has 0 spiro atoms. The van der Waals surface area contributed by atoms with Gasteiger partial charge in [0.1, 0.15) is 0 Å². The third-order valence-electron chi connectivity index (χ3n) is 3.24. The molecule has 2 N–H and O–H groups in total. The molecule has 0 aliphatic heterocycles. The Kier molecular flexibility index (Phi) is 2.72. The Hall–Kier alpha value is -1.35. The molecule has 16 heavy (non-hydrogen) atoms. The van der Waals surface area contributed by atoms with Crippen LogP contribution >= 0.6 is 0 Å². The molecular weight excluding hydrogens is 202 g/mol. The normalized spacial score (nSPS) is 16.9. The molecule has 1 fully saturated rings. The van der Waals surface area contributed by atoms with E-state index in [1.807, 2.05) is 32.0 Å². The average Bonchev–Trinajstić information content (AvgIpc) is 2.98. The van der Waals surface area contributed by atoms with Gasteiger partial charge < -0.3 is 10.4 Å². The van der Waals surface area contributed by atoms with Crippen LogP contribution in [0.1, 0.15) is 34.3 Å². The number of hydrogen-bond donors (Lipinski definition) is 2. The van der Waals surface area contributed by atoms with Gasteiger partial charge in [-0.1, -0.05) is 18.2 Å². The van der Waals surface area contributed by atoms with E-state index in [1.54, 1.807) is 0 Å². The van der Waals surface area contributed by atoms with Gasteiger partial charge in [0.05, 0.1) is 12.1 Å². The van der Waals surface area contributed by atoms with E-state index in [1.165, 1.54) is 0 Å². The number of carbonyl (C=O) groups excluding carboxylic acids is 1. The van der Waals surface area contributed by atoms with Crippen molar-refractivity contribution in [1.82, 2.24) is 5.32 Å².